The van der Waals surface area contributed by atoms with Gasteiger partial charge in [0.15, 0.2) is 20.6 Å². The minimum atomic E-state index is -3.56. The average molecular weight is 834 g/mol. The third-order valence-corrected chi connectivity index (χ3v) is 16.5. The molecule has 0 spiro atoms. The summed E-state index contributed by atoms with van der Waals surface area (Å²) in [4.78, 5) is 8.62. The molecule has 10 aromatic rings. The molecule has 4 aromatic heterocycles. The van der Waals surface area contributed by atoms with E-state index in [1.165, 1.54) is 6.33 Å². The summed E-state index contributed by atoms with van der Waals surface area (Å²) in [7, 11) is -7.12. The van der Waals surface area contributed by atoms with Crippen LogP contribution >= 0.6 is 14.3 Å². The van der Waals surface area contributed by atoms with Gasteiger partial charge in [0.25, 0.3) is 5.95 Å². The Morgan fingerprint density at radius 2 is 0.836 bits per heavy atom. The van der Waals surface area contributed by atoms with E-state index in [4.69, 9.17) is 9.47 Å². The highest BCUT2D eigenvalue weighted by Crippen LogP contribution is 2.47. The molecule has 4 heterocycles. The fourth-order valence-corrected chi connectivity index (χ4v) is 13.0. The van der Waals surface area contributed by atoms with Crippen LogP contribution in [-0.4, -0.2) is 34.9 Å². The number of nitrogens with zero attached hydrogens (tertiary/aromatic N) is 7. The fraction of sp³-hybridized carbons (Fsp3) is 0. The molecule has 0 radical (unpaired) electrons. The van der Waals surface area contributed by atoms with Gasteiger partial charge in [0.1, 0.15) is 11.5 Å². The Balaban J connectivity index is 1.17. The third kappa shape index (κ3) is 6.96. The standard InChI is InChI=1S/C48H33N7O4P2/c56-60(36-15-3-1-4-16-36,38-19-11-13-34(29-38)58-46-21-7-9-27-49-46)40-23-25-42-43-26-24-41(32-45(43)55(44(42)31-40)48-53-51-33-52-54-48)61(57,37-17-5-2-6-18-37)39-20-12-14-35(30-39)59-47-22-8-10-28-50-47/h1-33H. The zero-order valence-electron chi connectivity index (χ0n) is 32.2. The Labute approximate surface area is 350 Å². The Kier molecular flexibility index (Phi) is 9.81. The molecule has 2 unspecified atom stereocenters. The van der Waals surface area contributed by atoms with E-state index in [9.17, 15) is 0 Å². The molecule has 2 atom stereocenters. The van der Waals surface area contributed by atoms with Crippen LogP contribution in [0.5, 0.6) is 23.3 Å². The van der Waals surface area contributed by atoms with Crippen molar-refractivity contribution in [3.05, 3.63) is 201 Å². The summed E-state index contributed by atoms with van der Waals surface area (Å²) in [6.45, 7) is 0. The van der Waals surface area contributed by atoms with Crippen molar-refractivity contribution in [3.63, 3.8) is 0 Å². The first-order valence-electron chi connectivity index (χ1n) is 19.3. The maximum atomic E-state index is 16.0. The molecular weight excluding hydrogens is 801 g/mol. The van der Waals surface area contributed by atoms with E-state index >= 15 is 9.13 Å². The second-order valence-electron chi connectivity index (χ2n) is 14.0. The molecule has 0 aliphatic carbocycles. The minimum absolute atomic E-state index is 0.192. The smallest absolute Gasteiger partial charge is 0.273 e. The van der Waals surface area contributed by atoms with E-state index in [0.717, 1.165) is 10.8 Å². The van der Waals surface area contributed by atoms with Crippen LogP contribution in [0.15, 0.2) is 201 Å². The topological polar surface area (TPSA) is 135 Å². The number of hydrogen-bond donors (Lipinski definition) is 0. The van der Waals surface area contributed by atoms with Gasteiger partial charge in [-0.15, -0.1) is 20.4 Å². The van der Waals surface area contributed by atoms with E-state index in [1.807, 2.05) is 162 Å². The number of rotatable bonds is 11. The van der Waals surface area contributed by atoms with Crippen molar-refractivity contribution in [2.45, 2.75) is 0 Å². The van der Waals surface area contributed by atoms with Crippen LogP contribution in [0.1, 0.15) is 0 Å². The maximum absolute atomic E-state index is 16.0. The molecule has 13 heteroatoms. The fourth-order valence-electron chi connectivity index (χ4n) is 7.60. The zero-order valence-corrected chi connectivity index (χ0v) is 34.0. The quantitative estimate of drug-likeness (QED) is 0.118. The summed E-state index contributed by atoms with van der Waals surface area (Å²) >= 11 is 0. The molecule has 6 aromatic carbocycles. The number of benzene rings is 6. The Hall–Kier alpha value is -7.58. The average Bonchev–Trinajstić information content (AvgIpc) is 3.66. The Bertz CT molecular complexity index is 3070. The first-order valence-corrected chi connectivity index (χ1v) is 22.7. The van der Waals surface area contributed by atoms with Crippen LogP contribution < -0.4 is 41.3 Å². The lowest BCUT2D eigenvalue weighted by Gasteiger charge is -2.21. The first-order chi connectivity index (χ1) is 30.0. The molecule has 0 amide bonds. The van der Waals surface area contributed by atoms with E-state index < -0.39 is 14.3 Å². The summed E-state index contributed by atoms with van der Waals surface area (Å²) in [6, 6.07) is 55.9. The number of fused-ring (bicyclic) bond motifs is 3. The molecule has 0 fully saturated rings. The summed E-state index contributed by atoms with van der Waals surface area (Å²) in [6.07, 6.45) is 4.58. The van der Waals surface area contributed by atoms with Crippen LogP contribution in [0.2, 0.25) is 0 Å². The molecule has 61 heavy (non-hydrogen) atoms. The van der Waals surface area contributed by atoms with E-state index in [-0.39, 0.29) is 5.95 Å². The van der Waals surface area contributed by atoms with Crippen LogP contribution in [-0.2, 0) is 9.13 Å². The number of pyridine rings is 2. The van der Waals surface area contributed by atoms with Crippen molar-refractivity contribution in [2.75, 3.05) is 0 Å². The van der Waals surface area contributed by atoms with Crippen LogP contribution in [0.4, 0.5) is 0 Å². The van der Waals surface area contributed by atoms with Gasteiger partial charge in [0, 0.05) is 67.1 Å². The van der Waals surface area contributed by atoms with Gasteiger partial charge < -0.3 is 18.6 Å². The van der Waals surface area contributed by atoms with E-state index in [0.29, 0.717) is 66.1 Å². The minimum Gasteiger partial charge on any atom is -0.439 e. The number of ether oxygens (including phenoxy) is 2. The summed E-state index contributed by atoms with van der Waals surface area (Å²) < 4.78 is 46.0. The lowest BCUT2D eigenvalue weighted by Crippen LogP contribution is -2.25. The van der Waals surface area contributed by atoms with E-state index in [2.05, 4.69) is 30.4 Å². The molecule has 0 bridgehead atoms. The molecular formula is C48H33N7O4P2. The third-order valence-electron chi connectivity index (χ3n) is 10.4. The molecule has 0 saturated carbocycles. The highest BCUT2D eigenvalue weighted by Gasteiger charge is 2.34. The van der Waals surface area contributed by atoms with Crippen molar-refractivity contribution >= 4 is 67.9 Å². The van der Waals surface area contributed by atoms with Gasteiger partial charge in [0.05, 0.1) is 11.0 Å². The number of aromatic nitrogens is 7. The first kappa shape index (κ1) is 37.7. The van der Waals surface area contributed by atoms with Crippen molar-refractivity contribution in [1.29, 1.82) is 0 Å². The van der Waals surface area contributed by atoms with Crippen LogP contribution in [0.25, 0.3) is 27.8 Å². The normalized spacial score (nSPS) is 13.3. The van der Waals surface area contributed by atoms with Crippen molar-refractivity contribution < 1.29 is 18.6 Å². The second-order valence-corrected chi connectivity index (χ2v) is 19.5. The van der Waals surface area contributed by atoms with Gasteiger partial charge in [0.2, 0.25) is 11.8 Å². The van der Waals surface area contributed by atoms with Crippen molar-refractivity contribution in [3.8, 4) is 29.2 Å². The van der Waals surface area contributed by atoms with Crippen LogP contribution in [0.3, 0.4) is 0 Å². The maximum Gasteiger partial charge on any atom is 0.273 e. The van der Waals surface area contributed by atoms with E-state index in [1.54, 1.807) is 36.7 Å². The van der Waals surface area contributed by atoms with Gasteiger partial charge in [-0.25, -0.2) is 9.97 Å². The lowest BCUT2D eigenvalue weighted by molar-refractivity contribution is 0.463. The predicted octanol–water partition coefficient (Wildman–Crippen LogP) is 8.02. The molecule has 0 N–H and O–H groups in total. The molecule has 11 nitrogen and oxygen atoms in total. The molecule has 0 aliphatic heterocycles. The van der Waals surface area contributed by atoms with Gasteiger partial charge in [-0.1, -0.05) is 121 Å². The summed E-state index contributed by atoms with van der Waals surface area (Å²) in [5.74, 6) is 2.04. The molecule has 0 saturated heterocycles. The lowest BCUT2D eigenvalue weighted by atomic mass is 10.1. The number of hydrogen-bond acceptors (Lipinski definition) is 10. The van der Waals surface area contributed by atoms with Gasteiger partial charge in [-0.3, -0.25) is 4.57 Å². The SMILES string of the molecule is O=P(c1ccccc1)(c1cccc(Oc2ccccn2)c1)c1ccc2c3ccc(P(=O)(c4ccccc4)c4cccc(Oc5ccccn5)c4)cc3n(-c3nncnn3)c2c1. The summed E-state index contributed by atoms with van der Waals surface area (Å²) in [5, 5.41) is 22.2. The van der Waals surface area contributed by atoms with Crippen molar-refractivity contribution in [2.24, 2.45) is 0 Å². The Morgan fingerprint density at radius 3 is 1.28 bits per heavy atom. The highest BCUT2D eigenvalue weighted by atomic mass is 31.2. The second kappa shape index (κ2) is 15.9. The van der Waals surface area contributed by atoms with Gasteiger partial charge in [-0.05, 0) is 48.5 Å². The highest BCUT2D eigenvalue weighted by molar-refractivity contribution is 7.85. The largest absolute Gasteiger partial charge is 0.439 e. The van der Waals surface area contributed by atoms with Crippen LogP contribution in [0, 0.1) is 0 Å². The van der Waals surface area contributed by atoms with Gasteiger partial charge >= 0.3 is 0 Å². The predicted molar refractivity (Wildman–Crippen MR) is 239 cm³/mol. The molecule has 0 aliphatic rings. The molecule has 10 rings (SSSR count). The van der Waals surface area contributed by atoms with Crippen molar-refractivity contribution in [1.82, 2.24) is 34.9 Å². The van der Waals surface area contributed by atoms with Gasteiger partial charge in [-0.2, -0.15) is 0 Å². The summed E-state index contributed by atoms with van der Waals surface area (Å²) in [5.41, 5.74) is 1.33. The zero-order chi connectivity index (χ0) is 41.2. The molecule has 294 valence electrons. The Morgan fingerprint density at radius 1 is 0.410 bits per heavy atom. The monoisotopic (exact) mass is 833 g/mol.